The normalized spacial score (nSPS) is 11.8. The van der Waals surface area contributed by atoms with Gasteiger partial charge < -0.3 is 19.5 Å². The highest BCUT2D eigenvalue weighted by molar-refractivity contribution is 9.10. The van der Waals surface area contributed by atoms with Crippen LogP contribution in [0.2, 0.25) is 0 Å². The molecule has 1 unspecified atom stereocenters. The third-order valence-electron chi connectivity index (χ3n) is 2.71. The van der Waals surface area contributed by atoms with E-state index in [1.165, 1.54) is 7.11 Å². The predicted molar refractivity (Wildman–Crippen MR) is 75.6 cm³/mol. The lowest BCUT2D eigenvalue weighted by Gasteiger charge is -2.15. The largest absolute Gasteiger partial charge is 0.493 e. The summed E-state index contributed by atoms with van der Waals surface area (Å²) in [5.74, 6) is 1.00. The average Bonchev–Trinajstić information content (AvgIpc) is 2.44. The van der Waals surface area contributed by atoms with Gasteiger partial charge in [-0.15, -0.1) is 0 Å². The minimum Gasteiger partial charge on any atom is -0.493 e. The van der Waals surface area contributed by atoms with E-state index in [0.29, 0.717) is 18.0 Å². The van der Waals surface area contributed by atoms with Crippen molar-refractivity contribution in [2.45, 2.75) is 19.5 Å². The zero-order chi connectivity index (χ0) is 14.4. The van der Waals surface area contributed by atoms with E-state index in [0.717, 1.165) is 10.0 Å². The lowest BCUT2D eigenvalue weighted by Crippen LogP contribution is -2.34. The van der Waals surface area contributed by atoms with Crippen LogP contribution in [-0.2, 0) is 16.1 Å². The van der Waals surface area contributed by atoms with Crippen molar-refractivity contribution in [1.82, 2.24) is 5.32 Å². The molecule has 0 aromatic heterocycles. The number of benzene rings is 1. The molecule has 0 aliphatic rings. The summed E-state index contributed by atoms with van der Waals surface area (Å²) in [6, 6.07) is 3.32. The first-order valence-corrected chi connectivity index (χ1v) is 6.54. The number of rotatable bonds is 6. The van der Waals surface area contributed by atoms with E-state index in [-0.39, 0.29) is 12.0 Å². The summed E-state index contributed by atoms with van der Waals surface area (Å²) in [6.45, 7) is 2.26. The van der Waals surface area contributed by atoms with E-state index in [1.54, 1.807) is 21.1 Å². The molecule has 1 N–H and O–H groups in total. The molecule has 1 atom stereocenters. The van der Waals surface area contributed by atoms with E-state index >= 15 is 0 Å². The molecular weight excluding hydrogens is 314 g/mol. The highest BCUT2D eigenvalue weighted by Crippen LogP contribution is 2.33. The summed E-state index contributed by atoms with van der Waals surface area (Å²) in [5, 5.41) is 3.08. The fraction of sp³-hybridized carbons (Fsp3) is 0.462. The number of hydrogen-bond donors (Lipinski definition) is 1. The molecule has 0 bridgehead atoms. The Labute approximate surface area is 121 Å². The first kappa shape index (κ1) is 15.8. The van der Waals surface area contributed by atoms with Crippen molar-refractivity contribution >= 4 is 21.9 Å². The number of carbonyl (C=O) groups excluding carboxylic acids is 1. The summed E-state index contributed by atoms with van der Waals surface area (Å²) in [6.07, 6.45) is 0. The number of hydrogen-bond acceptors (Lipinski definition) is 5. The van der Waals surface area contributed by atoms with Gasteiger partial charge in [-0.25, -0.2) is 0 Å². The molecule has 0 heterocycles. The third kappa shape index (κ3) is 4.11. The fourth-order valence-corrected chi connectivity index (χ4v) is 2.02. The summed E-state index contributed by atoms with van der Waals surface area (Å²) in [7, 11) is 4.54. The van der Waals surface area contributed by atoms with Gasteiger partial charge in [0.15, 0.2) is 11.5 Å². The second kappa shape index (κ2) is 7.35. The van der Waals surface area contributed by atoms with E-state index in [2.05, 4.69) is 26.0 Å². The Morgan fingerprint density at radius 2 is 1.84 bits per heavy atom. The zero-order valence-corrected chi connectivity index (χ0v) is 13.0. The smallest absolute Gasteiger partial charge is 0.322 e. The lowest BCUT2D eigenvalue weighted by molar-refractivity contribution is -0.142. The molecule has 1 aromatic rings. The molecular formula is C13H18BrNO4. The van der Waals surface area contributed by atoms with Gasteiger partial charge in [-0.2, -0.15) is 0 Å². The van der Waals surface area contributed by atoms with Gasteiger partial charge in [0.05, 0.1) is 21.3 Å². The first-order valence-electron chi connectivity index (χ1n) is 5.75. The second-order valence-corrected chi connectivity index (χ2v) is 4.78. The fourth-order valence-electron chi connectivity index (χ4n) is 1.55. The van der Waals surface area contributed by atoms with E-state index in [9.17, 15) is 4.79 Å². The van der Waals surface area contributed by atoms with Crippen LogP contribution in [0.1, 0.15) is 12.5 Å². The van der Waals surface area contributed by atoms with Crippen LogP contribution in [0, 0.1) is 0 Å². The van der Waals surface area contributed by atoms with Crippen LogP contribution in [0.3, 0.4) is 0 Å². The van der Waals surface area contributed by atoms with Gasteiger partial charge in [-0.3, -0.25) is 4.79 Å². The number of carbonyl (C=O) groups is 1. The van der Waals surface area contributed by atoms with Gasteiger partial charge >= 0.3 is 5.97 Å². The quantitative estimate of drug-likeness (QED) is 0.809. The van der Waals surface area contributed by atoms with Crippen molar-refractivity contribution in [3.8, 4) is 11.5 Å². The SMILES string of the molecule is COC(=O)C(C)NCc1cc(OC)c(OC)cc1Br. The maximum atomic E-state index is 11.3. The van der Waals surface area contributed by atoms with E-state index in [1.807, 2.05) is 12.1 Å². The van der Waals surface area contributed by atoms with Gasteiger partial charge in [0.1, 0.15) is 6.04 Å². The van der Waals surface area contributed by atoms with Crippen molar-refractivity contribution in [3.63, 3.8) is 0 Å². The Kier molecular flexibility index (Phi) is 6.11. The highest BCUT2D eigenvalue weighted by atomic mass is 79.9. The van der Waals surface area contributed by atoms with Crippen LogP contribution in [0.25, 0.3) is 0 Å². The van der Waals surface area contributed by atoms with Gasteiger partial charge in [-0.05, 0) is 24.6 Å². The van der Waals surface area contributed by atoms with Crippen molar-refractivity contribution < 1.29 is 19.0 Å². The summed E-state index contributed by atoms with van der Waals surface area (Å²) in [5.41, 5.74) is 0.966. The predicted octanol–water partition coefficient (Wildman–Crippen LogP) is 2.12. The van der Waals surface area contributed by atoms with Crippen LogP contribution in [0.5, 0.6) is 11.5 Å². The molecule has 5 nitrogen and oxygen atoms in total. The number of nitrogens with one attached hydrogen (secondary N) is 1. The molecule has 106 valence electrons. The molecule has 19 heavy (non-hydrogen) atoms. The molecule has 6 heteroatoms. The topological polar surface area (TPSA) is 56.8 Å². The minimum absolute atomic E-state index is 0.295. The van der Waals surface area contributed by atoms with E-state index < -0.39 is 0 Å². The maximum absolute atomic E-state index is 11.3. The molecule has 0 fully saturated rings. The van der Waals surface area contributed by atoms with Gasteiger partial charge in [-0.1, -0.05) is 15.9 Å². The molecule has 1 rings (SSSR count). The minimum atomic E-state index is -0.370. The number of esters is 1. The van der Waals surface area contributed by atoms with Crippen molar-refractivity contribution in [2.24, 2.45) is 0 Å². The number of halogens is 1. The lowest BCUT2D eigenvalue weighted by atomic mass is 10.2. The maximum Gasteiger partial charge on any atom is 0.322 e. The highest BCUT2D eigenvalue weighted by Gasteiger charge is 2.14. The number of ether oxygens (including phenoxy) is 3. The van der Waals surface area contributed by atoms with E-state index in [4.69, 9.17) is 9.47 Å². The molecule has 0 spiro atoms. The molecule has 0 aliphatic carbocycles. The van der Waals surface area contributed by atoms with Crippen molar-refractivity contribution in [2.75, 3.05) is 21.3 Å². The second-order valence-electron chi connectivity index (χ2n) is 3.92. The summed E-state index contributed by atoms with van der Waals surface area (Å²) in [4.78, 5) is 11.3. The average molecular weight is 332 g/mol. The molecule has 1 aromatic carbocycles. The molecule has 0 saturated heterocycles. The number of methoxy groups -OCH3 is 3. The van der Waals surface area contributed by atoms with Gasteiger partial charge in [0.25, 0.3) is 0 Å². The van der Waals surface area contributed by atoms with Crippen LogP contribution < -0.4 is 14.8 Å². The molecule has 0 radical (unpaired) electrons. The standard InChI is InChI=1S/C13H18BrNO4/c1-8(13(16)19-4)15-7-9-5-11(17-2)12(18-3)6-10(9)14/h5-6,8,15H,7H2,1-4H3. The Morgan fingerprint density at radius 1 is 1.26 bits per heavy atom. The van der Waals surface area contributed by atoms with Crippen LogP contribution in [0.4, 0.5) is 0 Å². The van der Waals surface area contributed by atoms with Gasteiger partial charge in [0.2, 0.25) is 0 Å². The summed E-state index contributed by atoms with van der Waals surface area (Å²) >= 11 is 3.46. The van der Waals surface area contributed by atoms with Crippen molar-refractivity contribution in [1.29, 1.82) is 0 Å². The van der Waals surface area contributed by atoms with Crippen LogP contribution in [0.15, 0.2) is 16.6 Å². The van der Waals surface area contributed by atoms with Crippen LogP contribution in [-0.4, -0.2) is 33.3 Å². The Hall–Kier alpha value is -1.27. The van der Waals surface area contributed by atoms with Gasteiger partial charge in [0, 0.05) is 11.0 Å². The first-order chi connectivity index (χ1) is 9.03. The zero-order valence-electron chi connectivity index (χ0n) is 11.5. The third-order valence-corrected chi connectivity index (χ3v) is 3.44. The summed E-state index contributed by atoms with van der Waals surface area (Å²) < 4.78 is 16.0. The van der Waals surface area contributed by atoms with Crippen molar-refractivity contribution in [3.05, 3.63) is 22.2 Å². The molecule has 0 amide bonds. The Balaban J connectivity index is 2.81. The van der Waals surface area contributed by atoms with Crippen LogP contribution >= 0.6 is 15.9 Å². The Morgan fingerprint density at radius 3 is 2.37 bits per heavy atom. The molecule has 0 aliphatic heterocycles. The Bertz CT molecular complexity index is 451. The molecule has 0 saturated carbocycles. The monoisotopic (exact) mass is 331 g/mol.